The smallest absolute Gasteiger partial charge is 0.238 e. The van der Waals surface area contributed by atoms with Crippen LogP contribution in [0.1, 0.15) is 10.4 Å². The molecule has 5 heteroatoms. The monoisotopic (exact) mass is 352 g/mol. The molecule has 2 rings (SSSR count). The molecule has 1 heterocycles. The number of anilines is 1. The zero-order chi connectivity index (χ0) is 14.4. The van der Waals surface area contributed by atoms with Crippen molar-refractivity contribution in [2.75, 3.05) is 18.4 Å². The van der Waals surface area contributed by atoms with Gasteiger partial charge in [-0.05, 0) is 59.1 Å². The van der Waals surface area contributed by atoms with Crippen LogP contribution in [0.25, 0.3) is 0 Å². The maximum Gasteiger partial charge on any atom is 0.238 e. The van der Waals surface area contributed by atoms with Gasteiger partial charge in [-0.1, -0.05) is 12.1 Å². The Balaban J connectivity index is 1.67. The maximum absolute atomic E-state index is 11.8. The highest BCUT2D eigenvalue weighted by Crippen LogP contribution is 2.21. The van der Waals surface area contributed by atoms with Crippen molar-refractivity contribution in [3.05, 3.63) is 50.6 Å². The van der Waals surface area contributed by atoms with E-state index in [4.69, 9.17) is 0 Å². The minimum Gasteiger partial charge on any atom is -0.325 e. The third-order valence-corrected chi connectivity index (χ3v) is 4.45. The lowest BCUT2D eigenvalue weighted by molar-refractivity contribution is -0.115. The van der Waals surface area contributed by atoms with Crippen LogP contribution in [-0.4, -0.2) is 19.0 Å². The molecule has 1 aromatic heterocycles. The lowest BCUT2D eigenvalue weighted by Gasteiger charge is -2.07. The van der Waals surface area contributed by atoms with Crippen molar-refractivity contribution in [1.29, 1.82) is 0 Å². The Morgan fingerprint density at radius 2 is 2.15 bits per heavy atom. The van der Waals surface area contributed by atoms with Gasteiger partial charge in [0, 0.05) is 17.1 Å². The van der Waals surface area contributed by atoms with Crippen molar-refractivity contribution in [2.24, 2.45) is 0 Å². The van der Waals surface area contributed by atoms with Crippen LogP contribution in [-0.2, 0) is 11.2 Å². The van der Waals surface area contributed by atoms with E-state index in [0.717, 1.165) is 28.0 Å². The normalized spacial score (nSPS) is 10.5. The van der Waals surface area contributed by atoms with Gasteiger partial charge in [0.25, 0.3) is 0 Å². The minimum atomic E-state index is -0.0111. The number of carbonyl (C=O) groups is 1. The molecule has 1 aromatic carbocycles. The summed E-state index contributed by atoms with van der Waals surface area (Å²) < 4.78 is 1.14. The molecular formula is C15H17BrN2OS. The van der Waals surface area contributed by atoms with E-state index in [-0.39, 0.29) is 5.91 Å². The number of hydrogen-bond donors (Lipinski definition) is 2. The summed E-state index contributed by atoms with van der Waals surface area (Å²) in [4.78, 5) is 13.1. The van der Waals surface area contributed by atoms with E-state index in [1.165, 1.54) is 4.88 Å². The lowest BCUT2D eigenvalue weighted by Crippen LogP contribution is -2.29. The summed E-state index contributed by atoms with van der Waals surface area (Å²) in [7, 11) is 0. The first-order valence-electron chi connectivity index (χ1n) is 6.45. The minimum absolute atomic E-state index is 0.0111. The van der Waals surface area contributed by atoms with Crippen LogP contribution in [0.5, 0.6) is 0 Å². The van der Waals surface area contributed by atoms with Gasteiger partial charge in [-0.15, -0.1) is 11.3 Å². The largest absolute Gasteiger partial charge is 0.325 e. The van der Waals surface area contributed by atoms with E-state index in [1.54, 1.807) is 11.3 Å². The van der Waals surface area contributed by atoms with Crippen molar-refractivity contribution < 1.29 is 4.79 Å². The summed E-state index contributed by atoms with van der Waals surface area (Å²) in [6, 6.07) is 11.9. The van der Waals surface area contributed by atoms with Crippen LogP contribution in [0.2, 0.25) is 0 Å². The summed E-state index contributed by atoms with van der Waals surface area (Å²) in [5.74, 6) is -0.0111. The van der Waals surface area contributed by atoms with E-state index >= 15 is 0 Å². The van der Waals surface area contributed by atoms with E-state index in [2.05, 4.69) is 32.6 Å². The second kappa shape index (κ2) is 7.57. The SMILES string of the molecule is Cc1cccc(NC(=O)CNCCc2ccc(Br)s2)c1. The van der Waals surface area contributed by atoms with Crippen LogP contribution >= 0.6 is 27.3 Å². The molecular weight excluding hydrogens is 336 g/mol. The first-order valence-corrected chi connectivity index (χ1v) is 8.06. The van der Waals surface area contributed by atoms with Crippen LogP contribution < -0.4 is 10.6 Å². The van der Waals surface area contributed by atoms with Crippen molar-refractivity contribution in [2.45, 2.75) is 13.3 Å². The van der Waals surface area contributed by atoms with Crippen molar-refractivity contribution in [3.8, 4) is 0 Å². The van der Waals surface area contributed by atoms with E-state index in [1.807, 2.05) is 37.3 Å². The molecule has 0 spiro atoms. The number of hydrogen-bond acceptors (Lipinski definition) is 3. The van der Waals surface area contributed by atoms with Gasteiger partial charge in [-0.25, -0.2) is 0 Å². The zero-order valence-corrected chi connectivity index (χ0v) is 13.7. The molecule has 0 saturated carbocycles. The third-order valence-electron chi connectivity index (χ3n) is 2.76. The summed E-state index contributed by atoms with van der Waals surface area (Å²) in [6.45, 7) is 3.14. The maximum atomic E-state index is 11.8. The van der Waals surface area contributed by atoms with Gasteiger partial charge in [-0.3, -0.25) is 4.79 Å². The molecule has 20 heavy (non-hydrogen) atoms. The molecule has 0 aliphatic rings. The molecule has 0 unspecified atom stereocenters. The van der Waals surface area contributed by atoms with E-state index in [0.29, 0.717) is 6.54 Å². The van der Waals surface area contributed by atoms with Crippen LogP contribution in [0, 0.1) is 6.92 Å². The molecule has 3 nitrogen and oxygen atoms in total. The first-order chi connectivity index (χ1) is 9.63. The Hall–Kier alpha value is -1.17. The van der Waals surface area contributed by atoms with Gasteiger partial charge in [0.1, 0.15) is 0 Å². The number of halogens is 1. The highest BCUT2D eigenvalue weighted by Gasteiger charge is 2.02. The summed E-state index contributed by atoms with van der Waals surface area (Å²) in [6.07, 6.45) is 0.938. The Kier molecular flexibility index (Phi) is 5.76. The molecule has 0 aliphatic carbocycles. The molecule has 1 amide bonds. The predicted molar refractivity (Wildman–Crippen MR) is 88.4 cm³/mol. The fourth-order valence-corrected chi connectivity index (χ4v) is 3.31. The van der Waals surface area contributed by atoms with Crippen molar-refractivity contribution in [3.63, 3.8) is 0 Å². The Morgan fingerprint density at radius 3 is 2.85 bits per heavy atom. The predicted octanol–water partition coefficient (Wildman–Crippen LogP) is 3.59. The van der Waals surface area contributed by atoms with Crippen LogP contribution in [0.4, 0.5) is 5.69 Å². The molecule has 0 saturated heterocycles. The molecule has 2 aromatic rings. The van der Waals surface area contributed by atoms with Gasteiger partial charge < -0.3 is 10.6 Å². The van der Waals surface area contributed by atoms with E-state index in [9.17, 15) is 4.79 Å². The van der Waals surface area contributed by atoms with Crippen molar-refractivity contribution in [1.82, 2.24) is 5.32 Å². The second-order valence-corrected chi connectivity index (χ2v) is 7.10. The van der Waals surface area contributed by atoms with E-state index < -0.39 is 0 Å². The number of nitrogens with one attached hydrogen (secondary N) is 2. The molecule has 0 atom stereocenters. The standard InChI is InChI=1S/C15H17BrN2OS/c1-11-3-2-4-12(9-11)18-15(19)10-17-8-7-13-5-6-14(16)20-13/h2-6,9,17H,7-8,10H2,1H3,(H,18,19). The lowest BCUT2D eigenvalue weighted by atomic mass is 10.2. The third kappa shape index (κ3) is 5.07. The van der Waals surface area contributed by atoms with Gasteiger partial charge in [-0.2, -0.15) is 0 Å². The highest BCUT2D eigenvalue weighted by molar-refractivity contribution is 9.11. The highest BCUT2D eigenvalue weighted by atomic mass is 79.9. The number of rotatable bonds is 6. The fourth-order valence-electron chi connectivity index (χ4n) is 1.83. The number of benzene rings is 1. The summed E-state index contributed by atoms with van der Waals surface area (Å²) in [5.41, 5.74) is 1.98. The summed E-state index contributed by atoms with van der Waals surface area (Å²) in [5, 5.41) is 6.04. The van der Waals surface area contributed by atoms with Crippen LogP contribution in [0.3, 0.4) is 0 Å². The number of carbonyl (C=O) groups excluding carboxylic acids is 1. The number of thiophene rings is 1. The molecule has 0 bridgehead atoms. The average Bonchev–Trinajstić information content (AvgIpc) is 2.80. The molecule has 0 fully saturated rings. The Bertz CT molecular complexity index is 583. The molecule has 106 valence electrons. The molecule has 0 radical (unpaired) electrons. The zero-order valence-electron chi connectivity index (χ0n) is 11.3. The quantitative estimate of drug-likeness (QED) is 0.780. The Labute approximate surface area is 131 Å². The Morgan fingerprint density at radius 1 is 1.30 bits per heavy atom. The summed E-state index contributed by atoms with van der Waals surface area (Å²) >= 11 is 5.17. The number of aryl methyl sites for hydroxylation is 1. The second-order valence-electron chi connectivity index (χ2n) is 4.55. The van der Waals surface area contributed by atoms with Gasteiger partial charge in [0.2, 0.25) is 5.91 Å². The van der Waals surface area contributed by atoms with Gasteiger partial charge in [0.15, 0.2) is 0 Å². The van der Waals surface area contributed by atoms with Gasteiger partial charge in [0.05, 0.1) is 10.3 Å². The first kappa shape index (κ1) is 15.2. The topological polar surface area (TPSA) is 41.1 Å². The van der Waals surface area contributed by atoms with Gasteiger partial charge >= 0.3 is 0 Å². The average molecular weight is 353 g/mol. The fraction of sp³-hybridized carbons (Fsp3) is 0.267. The van der Waals surface area contributed by atoms with Crippen LogP contribution in [0.15, 0.2) is 40.2 Å². The molecule has 2 N–H and O–H groups in total. The van der Waals surface area contributed by atoms with Crippen molar-refractivity contribution >= 4 is 38.9 Å². The molecule has 0 aliphatic heterocycles. The number of amides is 1.